The molecule has 7 nitrogen and oxygen atoms in total. The zero-order valence-electron chi connectivity index (χ0n) is 16.4. The van der Waals surface area contributed by atoms with Crippen molar-refractivity contribution in [2.75, 3.05) is 39.4 Å². The molecule has 0 unspecified atom stereocenters. The van der Waals surface area contributed by atoms with Gasteiger partial charge in [0, 0.05) is 43.9 Å². The van der Waals surface area contributed by atoms with E-state index in [2.05, 4.69) is 27.1 Å². The van der Waals surface area contributed by atoms with Gasteiger partial charge in [-0.25, -0.2) is 4.98 Å². The van der Waals surface area contributed by atoms with Gasteiger partial charge in [0.2, 0.25) is 5.91 Å². The molecule has 0 saturated carbocycles. The number of hydrogen-bond acceptors (Lipinski definition) is 6. The van der Waals surface area contributed by atoms with Crippen molar-refractivity contribution >= 4 is 27.5 Å². The monoisotopic (exact) mass is 404 g/mol. The van der Waals surface area contributed by atoms with Crippen LogP contribution in [0.5, 0.6) is 0 Å². The molecule has 1 amide bonds. The highest BCUT2D eigenvalue weighted by atomic mass is 32.1. The SMILES string of the molecule is C[C@H]1CCc2c(sc3nc(CCC(=O)NCCN4CCOCC4)[nH]c(=O)c23)C1. The van der Waals surface area contributed by atoms with E-state index in [0.29, 0.717) is 31.1 Å². The molecular weight excluding hydrogens is 376 g/mol. The number of fused-ring (bicyclic) bond motifs is 3. The third-order valence-corrected chi connectivity index (χ3v) is 6.81. The van der Waals surface area contributed by atoms with Crippen molar-refractivity contribution in [1.29, 1.82) is 0 Å². The molecule has 0 bridgehead atoms. The molecule has 1 atom stereocenters. The van der Waals surface area contributed by atoms with Crippen LogP contribution in [-0.2, 0) is 28.8 Å². The largest absolute Gasteiger partial charge is 0.379 e. The van der Waals surface area contributed by atoms with Crippen LogP contribution in [0.3, 0.4) is 0 Å². The lowest BCUT2D eigenvalue weighted by Gasteiger charge is -2.26. The predicted molar refractivity (Wildman–Crippen MR) is 110 cm³/mol. The van der Waals surface area contributed by atoms with Gasteiger partial charge < -0.3 is 15.0 Å². The number of thiophene rings is 1. The van der Waals surface area contributed by atoms with Gasteiger partial charge in [-0.3, -0.25) is 14.5 Å². The van der Waals surface area contributed by atoms with Gasteiger partial charge in [0.1, 0.15) is 10.7 Å². The summed E-state index contributed by atoms with van der Waals surface area (Å²) in [6.45, 7) is 7.11. The van der Waals surface area contributed by atoms with E-state index < -0.39 is 0 Å². The van der Waals surface area contributed by atoms with Gasteiger partial charge >= 0.3 is 0 Å². The number of aromatic nitrogens is 2. The van der Waals surface area contributed by atoms with E-state index in [1.807, 2.05) is 0 Å². The summed E-state index contributed by atoms with van der Waals surface area (Å²) in [5.41, 5.74) is 1.14. The van der Waals surface area contributed by atoms with Crippen molar-refractivity contribution in [3.8, 4) is 0 Å². The van der Waals surface area contributed by atoms with Gasteiger partial charge in [0.05, 0.1) is 18.6 Å². The highest BCUT2D eigenvalue weighted by Gasteiger charge is 2.23. The first-order chi connectivity index (χ1) is 13.6. The van der Waals surface area contributed by atoms with Crippen LogP contribution in [0.25, 0.3) is 10.2 Å². The Balaban J connectivity index is 1.33. The number of H-pyrrole nitrogens is 1. The van der Waals surface area contributed by atoms with Crippen LogP contribution in [0, 0.1) is 5.92 Å². The first kappa shape index (κ1) is 19.5. The molecule has 1 aliphatic carbocycles. The lowest BCUT2D eigenvalue weighted by atomic mass is 9.89. The number of aryl methyl sites for hydroxylation is 2. The van der Waals surface area contributed by atoms with E-state index >= 15 is 0 Å². The van der Waals surface area contributed by atoms with Gasteiger partial charge in [0.25, 0.3) is 5.56 Å². The summed E-state index contributed by atoms with van der Waals surface area (Å²) in [4.78, 5) is 36.7. The maximum atomic E-state index is 12.6. The molecule has 8 heteroatoms. The Morgan fingerprint density at radius 2 is 2.21 bits per heavy atom. The number of aromatic amines is 1. The molecule has 3 heterocycles. The molecule has 2 N–H and O–H groups in total. The molecule has 0 aromatic carbocycles. The lowest BCUT2D eigenvalue weighted by Crippen LogP contribution is -2.41. The minimum Gasteiger partial charge on any atom is -0.379 e. The number of nitrogens with one attached hydrogen (secondary N) is 2. The summed E-state index contributed by atoms with van der Waals surface area (Å²) in [6.07, 6.45) is 3.92. The molecule has 1 fully saturated rings. The molecule has 0 radical (unpaired) electrons. The Hall–Kier alpha value is -1.77. The van der Waals surface area contributed by atoms with Crippen molar-refractivity contribution in [3.05, 3.63) is 26.6 Å². The van der Waals surface area contributed by atoms with Crippen LogP contribution in [-0.4, -0.2) is 60.2 Å². The average molecular weight is 405 g/mol. The van der Waals surface area contributed by atoms with Gasteiger partial charge in [-0.15, -0.1) is 11.3 Å². The van der Waals surface area contributed by atoms with Crippen molar-refractivity contribution in [3.63, 3.8) is 0 Å². The van der Waals surface area contributed by atoms with E-state index in [0.717, 1.165) is 62.3 Å². The Bertz CT molecular complexity index is 901. The van der Waals surface area contributed by atoms with Crippen molar-refractivity contribution < 1.29 is 9.53 Å². The maximum absolute atomic E-state index is 12.6. The molecule has 2 aromatic rings. The van der Waals surface area contributed by atoms with Gasteiger partial charge in [-0.2, -0.15) is 0 Å². The van der Waals surface area contributed by atoms with E-state index in [1.165, 1.54) is 10.4 Å². The summed E-state index contributed by atoms with van der Waals surface area (Å²) in [6, 6.07) is 0. The first-order valence-corrected chi connectivity index (χ1v) is 11.0. The Morgan fingerprint density at radius 3 is 3.04 bits per heavy atom. The molecule has 2 aliphatic rings. The third-order valence-electron chi connectivity index (χ3n) is 5.66. The van der Waals surface area contributed by atoms with E-state index in [4.69, 9.17) is 4.74 Å². The van der Waals surface area contributed by atoms with Crippen molar-refractivity contribution in [2.24, 2.45) is 5.92 Å². The average Bonchev–Trinajstić information content (AvgIpc) is 3.05. The molecule has 2 aromatic heterocycles. The maximum Gasteiger partial charge on any atom is 0.259 e. The quantitative estimate of drug-likeness (QED) is 0.762. The van der Waals surface area contributed by atoms with Gasteiger partial charge in [-0.05, 0) is 30.7 Å². The minimum absolute atomic E-state index is 0.00435. The summed E-state index contributed by atoms with van der Waals surface area (Å²) in [7, 11) is 0. The van der Waals surface area contributed by atoms with E-state index in [9.17, 15) is 9.59 Å². The smallest absolute Gasteiger partial charge is 0.259 e. The molecule has 28 heavy (non-hydrogen) atoms. The molecule has 4 rings (SSSR count). The number of carbonyl (C=O) groups is 1. The fourth-order valence-electron chi connectivity index (χ4n) is 4.01. The van der Waals surface area contributed by atoms with Crippen LogP contribution in [0.4, 0.5) is 0 Å². The van der Waals surface area contributed by atoms with Crippen LogP contribution >= 0.6 is 11.3 Å². The standard InChI is InChI=1S/C20H28N4O3S/c1-13-2-3-14-15(12-13)28-20-18(14)19(26)22-16(23-20)4-5-17(25)21-6-7-24-8-10-27-11-9-24/h13H,2-12H2,1H3,(H,21,25)(H,22,23,26)/t13-/m0/s1. The molecule has 1 saturated heterocycles. The summed E-state index contributed by atoms with van der Waals surface area (Å²) in [5.74, 6) is 1.27. The van der Waals surface area contributed by atoms with Gasteiger partial charge in [-0.1, -0.05) is 6.92 Å². The third kappa shape index (κ3) is 4.45. The highest BCUT2D eigenvalue weighted by molar-refractivity contribution is 7.18. The minimum atomic E-state index is -0.0558. The number of rotatable bonds is 6. The van der Waals surface area contributed by atoms with E-state index in [1.54, 1.807) is 11.3 Å². The normalized spacial score (nSPS) is 20.2. The second-order valence-electron chi connectivity index (χ2n) is 7.85. The number of hydrogen-bond donors (Lipinski definition) is 2. The Morgan fingerprint density at radius 1 is 1.39 bits per heavy atom. The topological polar surface area (TPSA) is 87.3 Å². The fourth-order valence-corrected chi connectivity index (χ4v) is 5.41. The Labute approximate surface area is 168 Å². The van der Waals surface area contributed by atoms with Crippen LogP contribution in [0.1, 0.15) is 36.0 Å². The number of ether oxygens (including phenoxy) is 1. The predicted octanol–water partition coefficient (Wildman–Crippen LogP) is 1.49. The number of nitrogens with zero attached hydrogens (tertiary/aromatic N) is 2. The molecule has 0 spiro atoms. The molecule has 1 aliphatic heterocycles. The summed E-state index contributed by atoms with van der Waals surface area (Å²) >= 11 is 1.65. The number of carbonyl (C=O) groups excluding carboxylic acids is 1. The molecular formula is C20H28N4O3S. The zero-order chi connectivity index (χ0) is 19.5. The second-order valence-corrected chi connectivity index (χ2v) is 8.93. The second kappa shape index (κ2) is 8.71. The van der Waals surface area contributed by atoms with Gasteiger partial charge in [0.15, 0.2) is 0 Å². The first-order valence-electron chi connectivity index (χ1n) is 10.2. The van der Waals surface area contributed by atoms with Crippen molar-refractivity contribution in [1.82, 2.24) is 20.2 Å². The van der Waals surface area contributed by atoms with Crippen LogP contribution < -0.4 is 10.9 Å². The van der Waals surface area contributed by atoms with E-state index in [-0.39, 0.29) is 11.5 Å². The van der Waals surface area contributed by atoms with Crippen LogP contribution in [0.15, 0.2) is 4.79 Å². The summed E-state index contributed by atoms with van der Waals surface area (Å²) in [5, 5.41) is 3.73. The van der Waals surface area contributed by atoms with Crippen molar-refractivity contribution in [2.45, 2.75) is 39.0 Å². The molecule has 152 valence electrons. The highest BCUT2D eigenvalue weighted by Crippen LogP contribution is 2.35. The van der Waals surface area contributed by atoms with Crippen LogP contribution in [0.2, 0.25) is 0 Å². The number of morpholine rings is 1. The fraction of sp³-hybridized carbons (Fsp3) is 0.650. The summed E-state index contributed by atoms with van der Waals surface area (Å²) < 4.78 is 5.32. The number of amides is 1. The zero-order valence-corrected chi connectivity index (χ0v) is 17.2. The lowest BCUT2D eigenvalue weighted by molar-refractivity contribution is -0.121. The Kier molecular flexibility index (Phi) is 6.08.